The van der Waals surface area contributed by atoms with E-state index in [1.54, 1.807) is 0 Å². The quantitative estimate of drug-likeness (QED) is 0.748. The van der Waals surface area contributed by atoms with E-state index in [2.05, 4.69) is 26.1 Å². The van der Waals surface area contributed by atoms with Gasteiger partial charge >= 0.3 is 6.09 Å². The maximum Gasteiger partial charge on any atom is 0.407 e. The van der Waals surface area contributed by atoms with E-state index in [0.29, 0.717) is 12.5 Å². The van der Waals surface area contributed by atoms with Crippen LogP contribution in [0.5, 0.6) is 0 Å². The van der Waals surface area contributed by atoms with Crippen molar-refractivity contribution < 1.29 is 14.6 Å². The van der Waals surface area contributed by atoms with Crippen LogP contribution in [0.4, 0.5) is 4.79 Å². The molecule has 1 atom stereocenters. The van der Waals surface area contributed by atoms with Crippen molar-refractivity contribution in [3.63, 3.8) is 0 Å². The van der Waals surface area contributed by atoms with Crippen molar-refractivity contribution in [1.82, 2.24) is 5.32 Å². The van der Waals surface area contributed by atoms with E-state index >= 15 is 0 Å². The van der Waals surface area contributed by atoms with Crippen molar-refractivity contribution in [2.45, 2.75) is 66.4 Å². The van der Waals surface area contributed by atoms with Gasteiger partial charge in [0.1, 0.15) is 5.60 Å². The third-order valence-electron chi connectivity index (χ3n) is 3.55. The van der Waals surface area contributed by atoms with Crippen LogP contribution in [0.2, 0.25) is 0 Å². The Kier molecular flexibility index (Phi) is 7.42. The van der Waals surface area contributed by atoms with E-state index in [1.807, 2.05) is 20.8 Å². The molecule has 4 heteroatoms. The summed E-state index contributed by atoms with van der Waals surface area (Å²) in [6.45, 7) is 12.4. The van der Waals surface area contributed by atoms with Crippen LogP contribution in [0.15, 0.2) is 0 Å². The van der Waals surface area contributed by atoms with E-state index in [9.17, 15) is 9.90 Å². The number of amides is 1. The molecule has 0 aromatic rings. The highest BCUT2D eigenvalue weighted by Crippen LogP contribution is 2.32. The minimum Gasteiger partial charge on any atom is -0.444 e. The Hall–Kier alpha value is -0.770. The average molecular weight is 273 g/mol. The molecule has 19 heavy (non-hydrogen) atoms. The van der Waals surface area contributed by atoms with Crippen molar-refractivity contribution in [3.8, 4) is 0 Å². The molecule has 0 aliphatic rings. The van der Waals surface area contributed by atoms with Crippen LogP contribution in [0.1, 0.15) is 60.8 Å². The van der Waals surface area contributed by atoms with Crippen LogP contribution >= 0.6 is 0 Å². The van der Waals surface area contributed by atoms with Gasteiger partial charge in [0.05, 0.1) is 6.61 Å². The largest absolute Gasteiger partial charge is 0.444 e. The summed E-state index contributed by atoms with van der Waals surface area (Å²) < 4.78 is 5.23. The number of aliphatic hydroxyl groups excluding tert-OH is 1. The number of rotatable bonds is 7. The molecule has 0 aromatic carbocycles. The molecule has 1 amide bonds. The highest BCUT2D eigenvalue weighted by molar-refractivity contribution is 5.67. The molecule has 0 rings (SSSR count). The SMILES string of the molecule is CCCCC(CO)(CNC(=O)OC(C)(C)C)C(C)C. The van der Waals surface area contributed by atoms with E-state index < -0.39 is 11.7 Å². The normalized spacial score (nSPS) is 15.2. The molecule has 114 valence electrons. The first-order valence-electron chi connectivity index (χ1n) is 7.24. The standard InChI is InChI=1S/C15H31NO3/c1-7-8-9-15(11-17,12(2)3)10-16-13(18)19-14(4,5)6/h12,17H,7-11H2,1-6H3,(H,16,18). The first kappa shape index (κ1) is 18.2. The molecular formula is C15H31NO3. The highest BCUT2D eigenvalue weighted by Gasteiger charge is 2.33. The Balaban J connectivity index is 4.53. The molecule has 1 unspecified atom stereocenters. The third kappa shape index (κ3) is 6.81. The molecule has 0 saturated heterocycles. The molecular weight excluding hydrogens is 242 g/mol. The summed E-state index contributed by atoms with van der Waals surface area (Å²) >= 11 is 0. The summed E-state index contributed by atoms with van der Waals surface area (Å²) in [6, 6.07) is 0. The second-order valence-corrected chi connectivity index (χ2v) is 6.63. The Labute approximate surface area is 117 Å². The minimum absolute atomic E-state index is 0.0838. The maximum absolute atomic E-state index is 11.7. The molecule has 0 bridgehead atoms. The second kappa shape index (κ2) is 7.73. The first-order chi connectivity index (χ1) is 8.67. The number of unbranched alkanes of at least 4 members (excludes halogenated alkanes) is 1. The van der Waals surface area contributed by atoms with Crippen molar-refractivity contribution in [2.24, 2.45) is 11.3 Å². The second-order valence-electron chi connectivity index (χ2n) is 6.63. The zero-order chi connectivity index (χ0) is 15.1. The van der Waals surface area contributed by atoms with Crippen molar-refractivity contribution in [1.29, 1.82) is 0 Å². The van der Waals surface area contributed by atoms with Gasteiger partial charge in [-0.25, -0.2) is 4.79 Å². The third-order valence-corrected chi connectivity index (χ3v) is 3.55. The van der Waals surface area contributed by atoms with Gasteiger partial charge in [-0.05, 0) is 33.1 Å². The predicted octanol–water partition coefficient (Wildman–Crippen LogP) is 3.34. The minimum atomic E-state index is -0.493. The van der Waals surface area contributed by atoms with Gasteiger partial charge in [0, 0.05) is 12.0 Å². The number of carbonyl (C=O) groups excluding carboxylic acids is 1. The van der Waals surface area contributed by atoms with Crippen LogP contribution in [0.25, 0.3) is 0 Å². The van der Waals surface area contributed by atoms with Crippen LogP contribution in [0.3, 0.4) is 0 Å². The van der Waals surface area contributed by atoms with Gasteiger partial charge in [-0.2, -0.15) is 0 Å². The van der Waals surface area contributed by atoms with Crippen LogP contribution in [-0.4, -0.2) is 30.0 Å². The fourth-order valence-electron chi connectivity index (χ4n) is 1.99. The number of ether oxygens (including phenoxy) is 1. The smallest absolute Gasteiger partial charge is 0.407 e. The molecule has 0 aliphatic heterocycles. The van der Waals surface area contributed by atoms with Crippen LogP contribution < -0.4 is 5.32 Å². The van der Waals surface area contributed by atoms with Crippen molar-refractivity contribution >= 4 is 6.09 Å². The topological polar surface area (TPSA) is 58.6 Å². The average Bonchev–Trinajstić information content (AvgIpc) is 2.27. The van der Waals surface area contributed by atoms with E-state index in [0.717, 1.165) is 19.3 Å². The highest BCUT2D eigenvalue weighted by atomic mass is 16.6. The van der Waals surface area contributed by atoms with Crippen LogP contribution in [0, 0.1) is 11.3 Å². The first-order valence-corrected chi connectivity index (χ1v) is 7.24. The lowest BCUT2D eigenvalue weighted by Crippen LogP contribution is -2.45. The summed E-state index contributed by atoms with van der Waals surface area (Å²) in [5.74, 6) is 0.305. The number of hydrogen-bond donors (Lipinski definition) is 2. The van der Waals surface area contributed by atoms with Crippen molar-refractivity contribution in [3.05, 3.63) is 0 Å². The Morgan fingerprint density at radius 2 is 1.89 bits per heavy atom. The Morgan fingerprint density at radius 3 is 2.26 bits per heavy atom. The number of hydrogen-bond acceptors (Lipinski definition) is 3. The Bertz CT molecular complexity index is 271. The van der Waals surface area contributed by atoms with Crippen molar-refractivity contribution in [2.75, 3.05) is 13.2 Å². The van der Waals surface area contributed by atoms with Gasteiger partial charge in [0.2, 0.25) is 0 Å². The summed E-state index contributed by atoms with van der Waals surface area (Å²) in [6.07, 6.45) is 2.63. The zero-order valence-electron chi connectivity index (χ0n) is 13.4. The summed E-state index contributed by atoms with van der Waals surface area (Å²) in [7, 11) is 0. The summed E-state index contributed by atoms with van der Waals surface area (Å²) in [5.41, 5.74) is -0.750. The molecule has 0 aromatic heterocycles. The maximum atomic E-state index is 11.7. The molecule has 0 saturated carbocycles. The van der Waals surface area contributed by atoms with Crippen LogP contribution in [-0.2, 0) is 4.74 Å². The van der Waals surface area contributed by atoms with E-state index in [4.69, 9.17) is 4.74 Å². The fraction of sp³-hybridized carbons (Fsp3) is 0.933. The number of alkyl carbamates (subject to hydrolysis) is 1. The molecule has 0 spiro atoms. The molecule has 0 radical (unpaired) electrons. The fourth-order valence-corrected chi connectivity index (χ4v) is 1.99. The number of carbonyl (C=O) groups is 1. The lowest BCUT2D eigenvalue weighted by molar-refractivity contribution is 0.0360. The predicted molar refractivity (Wildman–Crippen MR) is 78.1 cm³/mol. The van der Waals surface area contributed by atoms with Gasteiger partial charge in [-0.15, -0.1) is 0 Å². The van der Waals surface area contributed by atoms with E-state index in [-0.39, 0.29) is 12.0 Å². The van der Waals surface area contributed by atoms with E-state index in [1.165, 1.54) is 0 Å². The number of nitrogens with one attached hydrogen (secondary N) is 1. The zero-order valence-corrected chi connectivity index (χ0v) is 13.4. The lowest BCUT2D eigenvalue weighted by atomic mass is 9.74. The molecule has 0 aliphatic carbocycles. The Morgan fingerprint density at radius 1 is 1.32 bits per heavy atom. The summed E-state index contributed by atoms with van der Waals surface area (Å²) in [4.78, 5) is 11.7. The van der Waals surface area contributed by atoms with Gasteiger partial charge in [0.15, 0.2) is 0 Å². The number of aliphatic hydroxyl groups is 1. The van der Waals surface area contributed by atoms with Gasteiger partial charge < -0.3 is 15.2 Å². The molecule has 0 heterocycles. The molecule has 0 fully saturated rings. The van der Waals surface area contributed by atoms with Gasteiger partial charge in [0.25, 0.3) is 0 Å². The van der Waals surface area contributed by atoms with Gasteiger partial charge in [-0.3, -0.25) is 0 Å². The van der Waals surface area contributed by atoms with Gasteiger partial charge in [-0.1, -0.05) is 33.6 Å². The molecule has 4 nitrogen and oxygen atoms in total. The summed E-state index contributed by atoms with van der Waals surface area (Å²) in [5, 5.41) is 12.5. The molecule has 2 N–H and O–H groups in total. The monoisotopic (exact) mass is 273 g/mol. The lowest BCUT2D eigenvalue weighted by Gasteiger charge is -2.36.